The molecule has 0 amide bonds. The van der Waals surface area contributed by atoms with Gasteiger partial charge in [0.1, 0.15) is 11.9 Å². The molecule has 0 radical (unpaired) electrons. The van der Waals surface area contributed by atoms with Crippen LogP contribution in [0.2, 0.25) is 0 Å². The van der Waals surface area contributed by atoms with Crippen LogP contribution >= 0.6 is 0 Å². The first-order chi connectivity index (χ1) is 14.1. The molecule has 5 nitrogen and oxygen atoms in total. The molecule has 1 saturated heterocycles. The van der Waals surface area contributed by atoms with Crippen LogP contribution in [0.25, 0.3) is 0 Å². The fourth-order valence-corrected chi connectivity index (χ4v) is 4.65. The normalized spacial score (nSPS) is 20.7. The third-order valence-corrected chi connectivity index (χ3v) is 5.99. The van der Waals surface area contributed by atoms with E-state index in [1.165, 1.54) is 5.70 Å². The maximum atomic E-state index is 11.5. The van der Waals surface area contributed by atoms with Crippen molar-refractivity contribution in [1.82, 2.24) is 10.2 Å². The molecule has 1 aromatic rings. The third-order valence-electron chi connectivity index (χ3n) is 5.99. The molecule has 2 aliphatic rings. The van der Waals surface area contributed by atoms with Crippen LogP contribution in [-0.4, -0.2) is 46.7 Å². The minimum Gasteiger partial charge on any atom is -0.486 e. The fourth-order valence-electron chi connectivity index (χ4n) is 4.65. The summed E-state index contributed by atoms with van der Waals surface area (Å²) in [5.74, 6) is 0.169. The molecule has 164 valence electrons. The molecule has 1 unspecified atom stereocenters. The van der Waals surface area contributed by atoms with Crippen LogP contribution in [0.4, 0.5) is 0 Å². The first-order valence-electron chi connectivity index (χ1n) is 11.0. The standard InChI is InChI=1S/C25H36N2O3/c1-24(2,23(28)29)18-25(3,4)26-19-14-16-27(17-15-19)20-10-12-22(13-11-20)30-21-8-6-5-7-9-21/h5-12,19,22,26H,13-18H2,1-4H3,(H,28,29). The van der Waals surface area contributed by atoms with E-state index in [0.29, 0.717) is 12.5 Å². The Kier molecular flexibility index (Phi) is 6.91. The third kappa shape index (κ3) is 6.11. The number of piperidine rings is 1. The van der Waals surface area contributed by atoms with Gasteiger partial charge in [0.15, 0.2) is 0 Å². The highest BCUT2D eigenvalue weighted by molar-refractivity contribution is 5.73. The summed E-state index contributed by atoms with van der Waals surface area (Å²) in [5.41, 5.74) is 0.348. The van der Waals surface area contributed by atoms with Crippen molar-refractivity contribution in [3.63, 3.8) is 0 Å². The lowest BCUT2D eigenvalue weighted by Crippen LogP contribution is -2.52. The number of rotatable bonds is 8. The van der Waals surface area contributed by atoms with Gasteiger partial charge in [-0.3, -0.25) is 4.79 Å². The van der Waals surface area contributed by atoms with Gasteiger partial charge in [0.25, 0.3) is 0 Å². The molecule has 1 aliphatic heterocycles. The second kappa shape index (κ2) is 9.25. The molecule has 1 atom stereocenters. The van der Waals surface area contributed by atoms with Gasteiger partial charge in [-0.2, -0.15) is 0 Å². The Balaban J connectivity index is 1.45. The van der Waals surface area contributed by atoms with Crippen molar-refractivity contribution in [3.8, 4) is 5.75 Å². The zero-order valence-corrected chi connectivity index (χ0v) is 18.7. The number of aliphatic carboxylic acids is 1. The molecule has 0 spiro atoms. The molecular weight excluding hydrogens is 376 g/mol. The average Bonchev–Trinajstić information content (AvgIpc) is 2.69. The maximum Gasteiger partial charge on any atom is 0.309 e. The molecule has 0 aromatic heterocycles. The first-order valence-corrected chi connectivity index (χ1v) is 11.0. The molecule has 30 heavy (non-hydrogen) atoms. The van der Waals surface area contributed by atoms with Crippen LogP contribution in [0.1, 0.15) is 53.4 Å². The summed E-state index contributed by atoms with van der Waals surface area (Å²) in [6.45, 7) is 9.86. The number of carboxylic acids is 1. The molecule has 5 heteroatoms. The van der Waals surface area contributed by atoms with Gasteiger partial charge in [-0.05, 0) is 71.2 Å². The van der Waals surface area contributed by atoms with Crippen molar-refractivity contribution >= 4 is 5.97 Å². The van der Waals surface area contributed by atoms with Crippen LogP contribution < -0.4 is 10.1 Å². The molecule has 1 heterocycles. The Hall–Kier alpha value is -2.27. The summed E-state index contributed by atoms with van der Waals surface area (Å²) in [5, 5.41) is 13.2. The fraction of sp³-hybridized carbons (Fsp3) is 0.560. The second-order valence-electron chi connectivity index (χ2n) is 9.85. The molecule has 1 fully saturated rings. The molecule has 3 rings (SSSR count). The van der Waals surface area contributed by atoms with Crippen LogP contribution in [-0.2, 0) is 4.79 Å². The molecular formula is C25H36N2O3. The smallest absolute Gasteiger partial charge is 0.309 e. The van der Waals surface area contributed by atoms with E-state index in [4.69, 9.17) is 4.74 Å². The van der Waals surface area contributed by atoms with Gasteiger partial charge in [-0.15, -0.1) is 0 Å². The summed E-state index contributed by atoms with van der Waals surface area (Å²) < 4.78 is 6.02. The van der Waals surface area contributed by atoms with E-state index in [-0.39, 0.29) is 11.6 Å². The van der Waals surface area contributed by atoms with Crippen molar-refractivity contribution in [2.45, 2.75) is 71.1 Å². The number of nitrogens with zero attached hydrogens (tertiary/aromatic N) is 1. The average molecular weight is 413 g/mol. The summed E-state index contributed by atoms with van der Waals surface area (Å²) in [6, 6.07) is 10.4. The lowest BCUT2D eigenvalue weighted by Gasteiger charge is -2.41. The van der Waals surface area contributed by atoms with Crippen molar-refractivity contribution < 1.29 is 14.6 Å². The summed E-state index contributed by atoms with van der Waals surface area (Å²) in [7, 11) is 0. The van der Waals surface area contributed by atoms with Crippen LogP contribution in [0.3, 0.4) is 0 Å². The molecule has 0 bridgehead atoms. The Morgan fingerprint density at radius 3 is 2.40 bits per heavy atom. The molecule has 1 aromatic carbocycles. The predicted molar refractivity (Wildman–Crippen MR) is 121 cm³/mol. The number of carbonyl (C=O) groups is 1. The largest absolute Gasteiger partial charge is 0.486 e. The highest BCUT2D eigenvalue weighted by Crippen LogP contribution is 2.30. The zero-order valence-electron chi connectivity index (χ0n) is 18.7. The van der Waals surface area contributed by atoms with Crippen molar-refractivity contribution in [2.24, 2.45) is 5.41 Å². The molecule has 2 N–H and O–H groups in total. The molecule has 1 aliphatic carbocycles. The van der Waals surface area contributed by atoms with Gasteiger partial charge in [0, 0.05) is 36.8 Å². The van der Waals surface area contributed by atoms with E-state index in [0.717, 1.165) is 38.1 Å². The number of hydrogen-bond acceptors (Lipinski definition) is 4. The minimum atomic E-state index is -0.738. The number of nitrogens with one attached hydrogen (secondary N) is 1. The number of likely N-dealkylation sites (tertiary alicyclic amines) is 1. The van der Waals surface area contributed by atoms with E-state index in [9.17, 15) is 9.90 Å². The lowest BCUT2D eigenvalue weighted by molar-refractivity contribution is -0.148. The van der Waals surface area contributed by atoms with E-state index >= 15 is 0 Å². The lowest BCUT2D eigenvalue weighted by atomic mass is 9.79. The van der Waals surface area contributed by atoms with E-state index in [2.05, 4.69) is 42.3 Å². The van der Waals surface area contributed by atoms with Crippen LogP contribution in [0, 0.1) is 5.41 Å². The maximum absolute atomic E-state index is 11.5. The highest BCUT2D eigenvalue weighted by atomic mass is 16.5. The van der Waals surface area contributed by atoms with Crippen molar-refractivity contribution in [3.05, 3.63) is 54.3 Å². The number of hydrogen-bond donors (Lipinski definition) is 2. The number of para-hydroxylation sites is 1. The summed E-state index contributed by atoms with van der Waals surface area (Å²) in [4.78, 5) is 13.9. The van der Waals surface area contributed by atoms with Gasteiger partial charge in [0.2, 0.25) is 0 Å². The van der Waals surface area contributed by atoms with E-state index < -0.39 is 11.4 Å². The Morgan fingerprint density at radius 2 is 1.83 bits per heavy atom. The van der Waals surface area contributed by atoms with Gasteiger partial charge in [-0.25, -0.2) is 0 Å². The SMILES string of the molecule is CC(C)(CC(C)(C)C(=O)O)NC1CCN(C2=CCC(Oc3ccccc3)C=C2)CC1. The zero-order chi connectivity index (χ0) is 21.8. The topological polar surface area (TPSA) is 61.8 Å². The van der Waals surface area contributed by atoms with Crippen molar-refractivity contribution in [2.75, 3.05) is 13.1 Å². The van der Waals surface area contributed by atoms with Gasteiger partial charge >= 0.3 is 5.97 Å². The Labute approximate surface area is 180 Å². The monoisotopic (exact) mass is 412 g/mol. The van der Waals surface area contributed by atoms with E-state index in [1.54, 1.807) is 13.8 Å². The highest BCUT2D eigenvalue weighted by Gasteiger charge is 2.36. The summed E-state index contributed by atoms with van der Waals surface area (Å²) in [6.07, 6.45) is 10.3. The molecule has 0 saturated carbocycles. The van der Waals surface area contributed by atoms with Crippen molar-refractivity contribution in [1.29, 1.82) is 0 Å². The van der Waals surface area contributed by atoms with Gasteiger partial charge < -0.3 is 20.1 Å². The number of allylic oxidation sites excluding steroid dienone is 1. The number of carboxylic acid groups (broad SMARTS) is 1. The quantitative estimate of drug-likeness (QED) is 0.653. The first kappa shape index (κ1) is 22.4. The number of ether oxygens (including phenoxy) is 1. The van der Waals surface area contributed by atoms with Gasteiger partial charge in [0.05, 0.1) is 5.41 Å². The van der Waals surface area contributed by atoms with Crippen LogP contribution in [0.5, 0.6) is 5.75 Å². The number of benzene rings is 1. The predicted octanol–water partition coefficient (Wildman–Crippen LogP) is 4.61. The Bertz CT molecular complexity index is 775. The van der Waals surface area contributed by atoms with E-state index in [1.807, 2.05) is 30.3 Å². The Morgan fingerprint density at radius 1 is 1.17 bits per heavy atom. The van der Waals surface area contributed by atoms with Gasteiger partial charge in [-0.1, -0.05) is 24.3 Å². The summed E-state index contributed by atoms with van der Waals surface area (Å²) >= 11 is 0. The van der Waals surface area contributed by atoms with Crippen LogP contribution in [0.15, 0.2) is 54.3 Å². The second-order valence-corrected chi connectivity index (χ2v) is 9.85. The minimum absolute atomic E-state index is 0.0914.